The maximum Gasteiger partial charge on any atom is 0.157 e. The Morgan fingerprint density at radius 1 is 1.62 bits per heavy atom. The first-order chi connectivity index (χ1) is 6.27. The van der Waals surface area contributed by atoms with Crippen molar-refractivity contribution in [1.82, 2.24) is 14.8 Å². The highest BCUT2D eigenvalue weighted by Crippen LogP contribution is 2.28. The summed E-state index contributed by atoms with van der Waals surface area (Å²) in [6, 6.07) is -0.0637. The van der Waals surface area contributed by atoms with Gasteiger partial charge in [0.2, 0.25) is 0 Å². The number of carbonyl (C=O) groups is 1. The lowest BCUT2D eigenvalue weighted by Crippen LogP contribution is -2.27. The summed E-state index contributed by atoms with van der Waals surface area (Å²) in [6.07, 6.45) is 5.71. The van der Waals surface area contributed by atoms with Crippen LogP contribution >= 0.6 is 0 Å². The molecule has 0 bridgehead atoms. The number of aromatic nitrogens is 3. The van der Waals surface area contributed by atoms with E-state index >= 15 is 0 Å². The van der Waals surface area contributed by atoms with Crippen LogP contribution in [0.3, 0.4) is 0 Å². The maximum absolute atomic E-state index is 11.5. The predicted molar refractivity (Wildman–Crippen MR) is 47.1 cm³/mol. The van der Waals surface area contributed by atoms with Gasteiger partial charge in [-0.1, -0.05) is 6.92 Å². The fourth-order valence-corrected chi connectivity index (χ4v) is 1.82. The Kier molecular flexibility index (Phi) is 2.12. The van der Waals surface area contributed by atoms with Gasteiger partial charge in [-0.05, 0) is 18.8 Å². The normalized spacial score (nSPS) is 29.2. The quantitative estimate of drug-likeness (QED) is 0.651. The van der Waals surface area contributed by atoms with Crippen LogP contribution in [-0.4, -0.2) is 20.5 Å². The van der Waals surface area contributed by atoms with Crippen molar-refractivity contribution in [2.45, 2.75) is 32.2 Å². The second kappa shape index (κ2) is 3.28. The topological polar surface area (TPSA) is 47.8 Å². The molecule has 0 saturated heterocycles. The van der Waals surface area contributed by atoms with Crippen LogP contribution in [0.15, 0.2) is 12.7 Å². The summed E-state index contributed by atoms with van der Waals surface area (Å²) < 4.78 is 1.68. The number of hydrogen-bond donors (Lipinski definition) is 0. The van der Waals surface area contributed by atoms with Crippen molar-refractivity contribution in [1.29, 1.82) is 0 Å². The fraction of sp³-hybridized carbons (Fsp3) is 0.667. The van der Waals surface area contributed by atoms with Crippen molar-refractivity contribution in [2.24, 2.45) is 5.92 Å². The van der Waals surface area contributed by atoms with E-state index in [-0.39, 0.29) is 6.04 Å². The molecule has 1 fully saturated rings. The first kappa shape index (κ1) is 8.41. The summed E-state index contributed by atoms with van der Waals surface area (Å²) in [5.41, 5.74) is 0. The number of hydrogen-bond acceptors (Lipinski definition) is 3. The van der Waals surface area contributed by atoms with E-state index < -0.39 is 0 Å². The molecule has 1 heterocycles. The third kappa shape index (κ3) is 1.61. The van der Waals surface area contributed by atoms with Crippen LogP contribution in [-0.2, 0) is 4.79 Å². The lowest BCUT2D eigenvalue weighted by atomic mass is 9.86. The molecule has 0 aliphatic heterocycles. The van der Waals surface area contributed by atoms with Crippen LogP contribution in [0.5, 0.6) is 0 Å². The van der Waals surface area contributed by atoms with E-state index in [1.807, 2.05) is 0 Å². The van der Waals surface area contributed by atoms with E-state index in [0.29, 0.717) is 18.1 Å². The number of Topliss-reactive ketones (excluding diaryl/α,β-unsaturated/α-hetero) is 1. The molecule has 0 N–H and O–H groups in total. The van der Waals surface area contributed by atoms with Gasteiger partial charge in [-0.25, -0.2) is 9.67 Å². The highest BCUT2D eigenvalue weighted by atomic mass is 16.1. The van der Waals surface area contributed by atoms with E-state index in [9.17, 15) is 4.79 Å². The standard InChI is InChI=1S/C9H13N3O/c1-7-2-3-9(13)8(4-7)12-6-10-5-11-12/h5-8H,2-4H2,1H3. The van der Waals surface area contributed by atoms with Crippen molar-refractivity contribution in [3.63, 3.8) is 0 Å². The van der Waals surface area contributed by atoms with Crippen LogP contribution in [0.1, 0.15) is 32.2 Å². The number of nitrogens with zero attached hydrogens (tertiary/aromatic N) is 3. The largest absolute Gasteiger partial charge is 0.297 e. The highest BCUT2D eigenvalue weighted by Gasteiger charge is 2.27. The van der Waals surface area contributed by atoms with Gasteiger partial charge in [0, 0.05) is 6.42 Å². The smallest absolute Gasteiger partial charge is 0.157 e. The highest BCUT2D eigenvalue weighted by molar-refractivity contribution is 5.83. The molecule has 70 valence electrons. The Hall–Kier alpha value is -1.19. The van der Waals surface area contributed by atoms with Gasteiger partial charge in [0.05, 0.1) is 0 Å². The zero-order valence-corrected chi connectivity index (χ0v) is 7.68. The molecule has 0 spiro atoms. The van der Waals surface area contributed by atoms with Gasteiger partial charge in [-0.2, -0.15) is 5.10 Å². The molecule has 0 radical (unpaired) electrons. The first-order valence-corrected chi connectivity index (χ1v) is 4.64. The molecule has 1 aromatic heterocycles. The molecule has 4 heteroatoms. The van der Waals surface area contributed by atoms with Crippen molar-refractivity contribution in [3.05, 3.63) is 12.7 Å². The van der Waals surface area contributed by atoms with Crippen LogP contribution in [0.25, 0.3) is 0 Å². The number of carbonyl (C=O) groups excluding carboxylic acids is 1. The summed E-state index contributed by atoms with van der Waals surface area (Å²) in [5, 5.41) is 4.01. The molecule has 1 aliphatic rings. The maximum atomic E-state index is 11.5. The van der Waals surface area contributed by atoms with Gasteiger partial charge in [0.1, 0.15) is 18.7 Å². The van der Waals surface area contributed by atoms with Crippen molar-refractivity contribution < 1.29 is 4.79 Å². The Bertz CT molecular complexity index is 294. The number of rotatable bonds is 1. The lowest BCUT2D eigenvalue weighted by molar-refractivity contribution is -0.125. The van der Waals surface area contributed by atoms with E-state index in [1.54, 1.807) is 11.0 Å². The summed E-state index contributed by atoms with van der Waals surface area (Å²) in [4.78, 5) is 15.4. The van der Waals surface area contributed by atoms with E-state index in [1.165, 1.54) is 6.33 Å². The molecule has 0 amide bonds. The fourth-order valence-electron chi connectivity index (χ4n) is 1.82. The average molecular weight is 179 g/mol. The minimum atomic E-state index is -0.0637. The molecule has 4 nitrogen and oxygen atoms in total. The molecule has 1 aromatic rings. The van der Waals surface area contributed by atoms with Gasteiger partial charge in [-0.3, -0.25) is 4.79 Å². The molecule has 2 unspecified atom stereocenters. The molecular formula is C9H13N3O. The van der Waals surface area contributed by atoms with Gasteiger partial charge in [-0.15, -0.1) is 0 Å². The third-order valence-corrected chi connectivity index (χ3v) is 2.64. The molecule has 2 atom stereocenters. The minimum Gasteiger partial charge on any atom is -0.297 e. The molecule has 1 aliphatic carbocycles. The lowest BCUT2D eigenvalue weighted by Gasteiger charge is -2.25. The third-order valence-electron chi connectivity index (χ3n) is 2.64. The van der Waals surface area contributed by atoms with Gasteiger partial charge in [0.25, 0.3) is 0 Å². The number of ketones is 1. The van der Waals surface area contributed by atoms with Crippen LogP contribution in [0.4, 0.5) is 0 Å². The van der Waals surface area contributed by atoms with Crippen molar-refractivity contribution in [3.8, 4) is 0 Å². The second-order valence-electron chi connectivity index (χ2n) is 3.74. The molecule has 1 saturated carbocycles. The first-order valence-electron chi connectivity index (χ1n) is 4.64. The van der Waals surface area contributed by atoms with Crippen LogP contribution < -0.4 is 0 Å². The molecule has 13 heavy (non-hydrogen) atoms. The molecule has 2 rings (SSSR count). The SMILES string of the molecule is CC1CCC(=O)C(n2cncn2)C1. The zero-order chi connectivity index (χ0) is 9.26. The summed E-state index contributed by atoms with van der Waals surface area (Å²) in [5.74, 6) is 0.913. The Balaban J connectivity index is 2.17. The molecule has 0 aromatic carbocycles. The molecular weight excluding hydrogens is 166 g/mol. The summed E-state index contributed by atoms with van der Waals surface area (Å²) in [7, 11) is 0. The second-order valence-corrected chi connectivity index (χ2v) is 3.74. The van der Waals surface area contributed by atoms with Crippen LogP contribution in [0, 0.1) is 5.92 Å². The Morgan fingerprint density at radius 3 is 3.15 bits per heavy atom. The predicted octanol–water partition coefficient (Wildman–Crippen LogP) is 1.21. The van der Waals surface area contributed by atoms with Gasteiger partial charge in [0.15, 0.2) is 5.78 Å². The van der Waals surface area contributed by atoms with E-state index in [4.69, 9.17) is 0 Å². The summed E-state index contributed by atoms with van der Waals surface area (Å²) >= 11 is 0. The Labute approximate surface area is 77.0 Å². The van der Waals surface area contributed by atoms with E-state index in [0.717, 1.165) is 12.8 Å². The van der Waals surface area contributed by atoms with Gasteiger partial charge >= 0.3 is 0 Å². The minimum absolute atomic E-state index is 0.0637. The average Bonchev–Trinajstić information content (AvgIpc) is 2.61. The monoisotopic (exact) mass is 179 g/mol. The Morgan fingerprint density at radius 2 is 2.46 bits per heavy atom. The van der Waals surface area contributed by atoms with Crippen molar-refractivity contribution >= 4 is 5.78 Å². The summed E-state index contributed by atoms with van der Waals surface area (Å²) in [6.45, 7) is 2.18. The van der Waals surface area contributed by atoms with Gasteiger partial charge < -0.3 is 0 Å². The van der Waals surface area contributed by atoms with Crippen molar-refractivity contribution in [2.75, 3.05) is 0 Å². The van der Waals surface area contributed by atoms with E-state index in [2.05, 4.69) is 17.0 Å². The van der Waals surface area contributed by atoms with Crippen LogP contribution in [0.2, 0.25) is 0 Å². The zero-order valence-electron chi connectivity index (χ0n) is 7.68.